The summed E-state index contributed by atoms with van der Waals surface area (Å²) in [6, 6.07) is 8.57. The topological polar surface area (TPSA) is 50.1 Å². The van der Waals surface area contributed by atoms with E-state index in [-0.39, 0.29) is 5.57 Å². The normalized spacial score (nSPS) is 11.4. The highest BCUT2D eigenvalue weighted by Gasteiger charge is 2.19. The van der Waals surface area contributed by atoms with E-state index in [1.54, 1.807) is 24.3 Å². The van der Waals surface area contributed by atoms with Crippen LogP contribution in [0.15, 0.2) is 35.6 Å². The molecule has 1 aromatic rings. The van der Waals surface area contributed by atoms with Crippen LogP contribution in [0.4, 0.5) is 0 Å². The quantitative estimate of drug-likeness (QED) is 0.352. The summed E-state index contributed by atoms with van der Waals surface area (Å²) in [5.74, 6) is 0.0123. The summed E-state index contributed by atoms with van der Waals surface area (Å²) in [7, 11) is 0. The maximum absolute atomic E-state index is 12.2. The SMILES string of the molecule is CCO/C(CC)=C(\C#N)C(=O)c1ccccc1Cl. The molecule has 0 heterocycles. The van der Waals surface area contributed by atoms with Crippen molar-refractivity contribution in [3.8, 4) is 6.07 Å². The Morgan fingerprint density at radius 2 is 2.06 bits per heavy atom. The lowest BCUT2D eigenvalue weighted by atomic mass is 10.0. The number of nitrogens with zero attached hydrogens (tertiary/aromatic N) is 1. The molecule has 0 saturated heterocycles. The van der Waals surface area contributed by atoms with Crippen LogP contribution in [0.25, 0.3) is 0 Å². The number of benzene rings is 1. The van der Waals surface area contributed by atoms with E-state index in [4.69, 9.17) is 21.6 Å². The largest absolute Gasteiger partial charge is 0.497 e. The van der Waals surface area contributed by atoms with E-state index in [0.717, 1.165) is 0 Å². The van der Waals surface area contributed by atoms with Crippen LogP contribution >= 0.6 is 11.6 Å². The molecule has 0 unspecified atom stereocenters. The van der Waals surface area contributed by atoms with Gasteiger partial charge in [0.05, 0.1) is 11.6 Å². The molecule has 0 spiro atoms. The van der Waals surface area contributed by atoms with Gasteiger partial charge in [0.15, 0.2) is 0 Å². The monoisotopic (exact) mass is 263 g/mol. The minimum atomic E-state index is -0.395. The predicted molar refractivity (Wildman–Crippen MR) is 70.3 cm³/mol. The first-order chi connectivity index (χ1) is 8.65. The highest BCUT2D eigenvalue weighted by Crippen LogP contribution is 2.21. The Morgan fingerprint density at radius 3 is 2.56 bits per heavy atom. The molecule has 0 atom stereocenters. The molecule has 0 aromatic heterocycles. The first kappa shape index (κ1) is 14.3. The maximum atomic E-state index is 12.2. The molecule has 0 radical (unpaired) electrons. The van der Waals surface area contributed by atoms with Gasteiger partial charge in [0.1, 0.15) is 17.4 Å². The van der Waals surface area contributed by atoms with E-state index in [0.29, 0.717) is 29.4 Å². The van der Waals surface area contributed by atoms with Crippen LogP contribution in [0.2, 0.25) is 5.02 Å². The highest BCUT2D eigenvalue weighted by atomic mass is 35.5. The number of allylic oxidation sites excluding steroid dienone is 2. The molecule has 4 heteroatoms. The van der Waals surface area contributed by atoms with E-state index < -0.39 is 5.78 Å². The van der Waals surface area contributed by atoms with Crippen molar-refractivity contribution in [2.24, 2.45) is 0 Å². The molecule has 94 valence electrons. The minimum absolute atomic E-state index is 0.0208. The Labute approximate surface area is 112 Å². The Kier molecular flexibility index (Phi) is 5.41. The third kappa shape index (κ3) is 3.12. The number of hydrogen-bond acceptors (Lipinski definition) is 3. The zero-order valence-corrected chi connectivity index (χ0v) is 11.1. The fraction of sp³-hybridized carbons (Fsp3) is 0.286. The molecule has 1 aromatic carbocycles. The molecule has 18 heavy (non-hydrogen) atoms. The first-order valence-electron chi connectivity index (χ1n) is 5.70. The molecule has 0 saturated carbocycles. The zero-order chi connectivity index (χ0) is 13.5. The van der Waals surface area contributed by atoms with Crippen molar-refractivity contribution in [3.05, 3.63) is 46.2 Å². The lowest BCUT2D eigenvalue weighted by Gasteiger charge is -2.09. The van der Waals surface area contributed by atoms with Gasteiger partial charge >= 0.3 is 0 Å². The third-order valence-electron chi connectivity index (χ3n) is 2.38. The van der Waals surface area contributed by atoms with Crippen LogP contribution in [0.1, 0.15) is 30.6 Å². The van der Waals surface area contributed by atoms with E-state index in [1.807, 2.05) is 19.9 Å². The Balaban J connectivity index is 3.23. The summed E-state index contributed by atoms with van der Waals surface area (Å²) < 4.78 is 5.32. The number of hydrogen-bond donors (Lipinski definition) is 0. The van der Waals surface area contributed by atoms with Crippen LogP contribution in [0.5, 0.6) is 0 Å². The summed E-state index contributed by atoms with van der Waals surface area (Å²) in [4.78, 5) is 12.2. The summed E-state index contributed by atoms with van der Waals surface area (Å²) in [5.41, 5.74) is 0.341. The van der Waals surface area contributed by atoms with Gasteiger partial charge in [0.25, 0.3) is 0 Å². The lowest BCUT2D eigenvalue weighted by Crippen LogP contribution is -2.08. The lowest BCUT2D eigenvalue weighted by molar-refractivity contribution is 0.102. The number of carbonyl (C=O) groups is 1. The van der Waals surface area contributed by atoms with Gasteiger partial charge in [-0.1, -0.05) is 30.7 Å². The molecule has 0 bridgehead atoms. The van der Waals surface area contributed by atoms with Crippen LogP contribution in [-0.4, -0.2) is 12.4 Å². The van der Waals surface area contributed by atoms with Crippen molar-refractivity contribution in [2.45, 2.75) is 20.3 Å². The molecule has 0 aliphatic rings. The summed E-state index contributed by atoms with van der Waals surface area (Å²) in [6.45, 7) is 4.07. The Hall–Kier alpha value is -1.79. The number of rotatable bonds is 5. The van der Waals surface area contributed by atoms with Crippen molar-refractivity contribution in [3.63, 3.8) is 0 Å². The van der Waals surface area contributed by atoms with Gasteiger partial charge in [-0.05, 0) is 19.1 Å². The fourth-order valence-corrected chi connectivity index (χ4v) is 1.77. The average Bonchev–Trinajstić information content (AvgIpc) is 2.38. The smallest absolute Gasteiger partial charge is 0.208 e. The average molecular weight is 264 g/mol. The number of nitriles is 1. The molecular formula is C14H14ClNO2. The van der Waals surface area contributed by atoms with Gasteiger partial charge < -0.3 is 4.74 Å². The molecule has 0 amide bonds. The second-order valence-corrected chi connectivity index (χ2v) is 3.91. The molecule has 0 fully saturated rings. The van der Waals surface area contributed by atoms with Crippen molar-refractivity contribution >= 4 is 17.4 Å². The molecular weight excluding hydrogens is 250 g/mol. The molecule has 0 aliphatic carbocycles. The number of ketones is 1. The Bertz CT molecular complexity index is 515. The summed E-state index contributed by atoms with van der Waals surface area (Å²) in [6.07, 6.45) is 0.493. The molecule has 1 rings (SSSR count). The number of Topliss-reactive ketones (excluding diaryl/α,β-unsaturated/α-hetero) is 1. The summed E-state index contributed by atoms with van der Waals surface area (Å²) in [5, 5.41) is 9.46. The zero-order valence-electron chi connectivity index (χ0n) is 10.4. The standard InChI is InChI=1S/C14H14ClNO2/c1-3-13(18-4-2)11(9-16)14(17)10-7-5-6-8-12(10)15/h5-8H,3-4H2,1-2H3/b13-11+. The van der Waals surface area contributed by atoms with Gasteiger partial charge in [0, 0.05) is 12.0 Å². The van der Waals surface area contributed by atoms with Crippen molar-refractivity contribution < 1.29 is 9.53 Å². The number of halogens is 1. The first-order valence-corrected chi connectivity index (χ1v) is 6.08. The molecule has 3 nitrogen and oxygen atoms in total. The second kappa shape index (κ2) is 6.83. The van der Waals surface area contributed by atoms with Crippen molar-refractivity contribution in [1.82, 2.24) is 0 Å². The second-order valence-electron chi connectivity index (χ2n) is 3.51. The van der Waals surface area contributed by atoms with Gasteiger partial charge in [0.2, 0.25) is 5.78 Å². The van der Waals surface area contributed by atoms with E-state index in [1.165, 1.54) is 0 Å². The van der Waals surface area contributed by atoms with E-state index >= 15 is 0 Å². The predicted octanol–water partition coefficient (Wildman–Crippen LogP) is 3.75. The molecule has 0 N–H and O–H groups in total. The van der Waals surface area contributed by atoms with Gasteiger partial charge in [-0.25, -0.2) is 0 Å². The summed E-state index contributed by atoms with van der Waals surface area (Å²) >= 11 is 5.95. The van der Waals surface area contributed by atoms with Crippen LogP contribution < -0.4 is 0 Å². The number of ether oxygens (including phenoxy) is 1. The van der Waals surface area contributed by atoms with Crippen LogP contribution in [0, 0.1) is 11.3 Å². The van der Waals surface area contributed by atoms with Crippen LogP contribution in [-0.2, 0) is 4.74 Å². The van der Waals surface area contributed by atoms with E-state index in [9.17, 15) is 4.79 Å². The molecule has 0 aliphatic heterocycles. The third-order valence-corrected chi connectivity index (χ3v) is 2.71. The maximum Gasteiger partial charge on any atom is 0.208 e. The highest BCUT2D eigenvalue weighted by molar-refractivity contribution is 6.35. The number of carbonyl (C=O) groups excluding carboxylic acids is 1. The minimum Gasteiger partial charge on any atom is -0.497 e. The van der Waals surface area contributed by atoms with Crippen LogP contribution in [0.3, 0.4) is 0 Å². The van der Waals surface area contributed by atoms with Gasteiger partial charge in [-0.3, -0.25) is 4.79 Å². The van der Waals surface area contributed by atoms with E-state index in [2.05, 4.69) is 0 Å². The van der Waals surface area contributed by atoms with Crippen molar-refractivity contribution in [2.75, 3.05) is 6.61 Å². The van der Waals surface area contributed by atoms with Crippen molar-refractivity contribution in [1.29, 1.82) is 5.26 Å². The van der Waals surface area contributed by atoms with Gasteiger partial charge in [-0.15, -0.1) is 0 Å². The Morgan fingerprint density at radius 1 is 1.39 bits per heavy atom. The van der Waals surface area contributed by atoms with Gasteiger partial charge in [-0.2, -0.15) is 5.26 Å². The fourth-order valence-electron chi connectivity index (χ4n) is 1.55.